The van der Waals surface area contributed by atoms with Crippen LogP contribution < -0.4 is 20.6 Å². The van der Waals surface area contributed by atoms with Crippen LogP contribution in [-0.4, -0.2) is 75.3 Å². The fraction of sp³-hybridized carbons (Fsp3) is 0.250. The minimum absolute atomic E-state index is 0.0359. The van der Waals surface area contributed by atoms with Crippen molar-refractivity contribution in [1.82, 2.24) is 14.4 Å². The first-order valence-electron chi connectivity index (χ1n) is 13.9. The summed E-state index contributed by atoms with van der Waals surface area (Å²) in [5, 5.41) is 27.6. The van der Waals surface area contributed by atoms with Gasteiger partial charge in [-0.2, -0.15) is 13.2 Å². The van der Waals surface area contributed by atoms with E-state index in [0.717, 1.165) is 35.5 Å². The second-order valence-corrected chi connectivity index (χ2v) is 13.4. The van der Waals surface area contributed by atoms with Crippen molar-refractivity contribution in [1.29, 1.82) is 5.41 Å². The Hall–Kier alpha value is -5.22. The molecule has 0 bridgehead atoms. The van der Waals surface area contributed by atoms with Crippen molar-refractivity contribution in [3.8, 4) is 0 Å². The van der Waals surface area contributed by atoms with Crippen molar-refractivity contribution in [3.05, 3.63) is 95.2 Å². The standard InChI is InChI=1S/C28H31N5O3S.C2HF3O2.C2H4O2/c1-33(2,3)23-10-8-19(9-11-23)17-31-28(34)26-16-22-15-24(37(4,35)36)12-13-25(22)32(26)18-20-6-5-7-21(14-20)27(29)30;3-2(4,5)1(6)7;1-2(3)4/h5-16H,17-18H2,1-4H3,(H3-,29,30,31,34);(H,6,7);1H3,(H,3,4). The van der Waals surface area contributed by atoms with Crippen LogP contribution in [0.5, 0.6) is 0 Å². The normalized spacial score (nSPS) is 11.4. The summed E-state index contributed by atoms with van der Waals surface area (Å²) >= 11 is 0. The van der Waals surface area contributed by atoms with Crippen molar-refractivity contribution >= 4 is 50.1 Å². The number of carboxylic acids is 2. The van der Waals surface area contributed by atoms with Gasteiger partial charge in [-0.05, 0) is 53.6 Å². The number of benzene rings is 3. The van der Waals surface area contributed by atoms with E-state index in [2.05, 4.69) is 26.5 Å². The average Bonchev–Trinajstić information content (AvgIpc) is 3.32. The number of amidine groups is 1. The first kappa shape index (κ1) is 39.0. The number of quaternary nitrogens is 1. The number of nitrogens with one attached hydrogen (secondary N) is 2. The molecule has 4 rings (SSSR count). The van der Waals surface area contributed by atoms with E-state index in [-0.39, 0.29) is 16.6 Å². The van der Waals surface area contributed by atoms with Crippen molar-refractivity contribution < 1.29 is 46.2 Å². The molecule has 0 spiro atoms. The lowest BCUT2D eigenvalue weighted by Crippen LogP contribution is -2.37. The molecular formula is C32H36F3N5O7S. The maximum Gasteiger partial charge on any atom is 0.430 e. The molecule has 5 N–H and O–H groups in total. The molecule has 0 aliphatic carbocycles. The molecule has 0 aliphatic rings. The van der Waals surface area contributed by atoms with Crippen molar-refractivity contribution in [2.75, 3.05) is 27.4 Å². The fourth-order valence-corrected chi connectivity index (χ4v) is 4.85. The number of carbonyl (C=O) groups is 3. The molecule has 48 heavy (non-hydrogen) atoms. The fourth-order valence-electron chi connectivity index (χ4n) is 4.19. The van der Waals surface area contributed by atoms with Gasteiger partial charge < -0.3 is 30.6 Å². The predicted octanol–water partition coefficient (Wildman–Crippen LogP) is 2.89. The average molecular weight is 692 g/mol. The Balaban J connectivity index is 0.000000629. The number of aliphatic carboxylic acids is 2. The van der Waals surface area contributed by atoms with E-state index < -0.39 is 28.0 Å². The summed E-state index contributed by atoms with van der Waals surface area (Å²) in [6.45, 7) is 1.79. The van der Waals surface area contributed by atoms with Crippen molar-refractivity contribution in [2.24, 2.45) is 5.73 Å². The summed E-state index contributed by atoms with van der Waals surface area (Å²) in [7, 11) is 2.88. The van der Waals surface area contributed by atoms with Crippen molar-refractivity contribution in [2.45, 2.75) is 31.1 Å². The number of amides is 1. The minimum Gasteiger partial charge on any atom is -0.542 e. The molecule has 0 radical (unpaired) electrons. The van der Waals surface area contributed by atoms with Crippen LogP contribution in [0.25, 0.3) is 10.9 Å². The highest BCUT2D eigenvalue weighted by Crippen LogP contribution is 2.25. The second-order valence-electron chi connectivity index (χ2n) is 11.4. The Morgan fingerprint density at radius 1 is 0.979 bits per heavy atom. The molecule has 0 unspecified atom stereocenters. The van der Waals surface area contributed by atoms with Crippen LogP contribution >= 0.6 is 0 Å². The molecule has 0 aliphatic heterocycles. The molecular weight excluding hydrogens is 655 g/mol. The van der Waals surface area contributed by atoms with Crippen LogP contribution in [0.2, 0.25) is 0 Å². The van der Waals surface area contributed by atoms with E-state index in [1.54, 1.807) is 30.3 Å². The number of fused-ring (bicyclic) bond motifs is 1. The first-order valence-corrected chi connectivity index (χ1v) is 15.8. The summed E-state index contributed by atoms with van der Waals surface area (Å²) < 4.78 is 58.3. The second kappa shape index (κ2) is 15.6. The molecule has 1 amide bonds. The van der Waals surface area contributed by atoms with Crippen LogP contribution in [0.4, 0.5) is 18.9 Å². The topological polar surface area (TPSA) is 195 Å². The number of sulfone groups is 1. The highest BCUT2D eigenvalue weighted by molar-refractivity contribution is 7.90. The summed E-state index contributed by atoms with van der Waals surface area (Å²) in [5.41, 5.74) is 10.4. The predicted molar refractivity (Wildman–Crippen MR) is 173 cm³/mol. The van der Waals surface area contributed by atoms with E-state index in [9.17, 15) is 26.4 Å². The molecule has 0 saturated heterocycles. The Morgan fingerprint density at radius 3 is 2.02 bits per heavy atom. The van der Waals surface area contributed by atoms with Gasteiger partial charge in [0.05, 0.1) is 26.0 Å². The Morgan fingerprint density at radius 2 is 1.54 bits per heavy atom. The highest BCUT2D eigenvalue weighted by atomic mass is 32.2. The summed E-state index contributed by atoms with van der Waals surface area (Å²) in [4.78, 5) is 31.4. The SMILES string of the molecule is CC(=O)O.C[N+](C)(C)c1ccc(CNC(=O)c2cc3cc(S(C)(=O)=O)ccc3n2Cc2cccc(C(=N)N)c2)cc1.O=C([O-])C(F)(F)F. The van der Waals surface area contributed by atoms with Gasteiger partial charge in [0.25, 0.3) is 11.9 Å². The monoisotopic (exact) mass is 691 g/mol. The van der Waals surface area contributed by atoms with E-state index in [4.69, 9.17) is 30.9 Å². The number of hydrogen-bond acceptors (Lipinski definition) is 7. The lowest BCUT2D eigenvalue weighted by atomic mass is 10.1. The van der Waals surface area contributed by atoms with Crippen molar-refractivity contribution in [3.63, 3.8) is 0 Å². The molecule has 0 saturated carbocycles. The molecule has 12 nitrogen and oxygen atoms in total. The van der Waals surface area contributed by atoms with Gasteiger partial charge in [0.2, 0.25) is 0 Å². The Labute approximate surface area is 275 Å². The summed E-state index contributed by atoms with van der Waals surface area (Å²) in [6.07, 6.45) is -4.03. The van der Waals surface area contributed by atoms with E-state index in [1.165, 1.54) is 0 Å². The van der Waals surface area contributed by atoms with Gasteiger partial charge in [0, 0.05) is 42.7 Å². The molecule has 258 valence electrons. The molecule has 16 heteroatoms. The zero-order valence-corrected chi connectivity index (χ0v) is 27.6. The number of aromatic nitrogens is 1. The summed E-state index contributed by atoms with van der Waals surface area (Å²) in [6, 6.07) is 22.0. The molecule has 1 aromatic heterocycles. The van der Waals surface area contributed by atoms with Gasteiger partial charge in [-0.15, -0.1) is 0 Å². The van der Waals surface area contributed by atoms with Crippen LogP contribution in [0.1, 0.15) is 34.1 Å². The van der Waals surface area contributed by atoms with E-state index in [0.29, 0.717) is 34.2 Å². The molecule has 3 aromatic carbocycles. The number of nitrogens with zero attached hydrogens (tertiary/aromatic N) is 2. The van der Waals surface area contributed by atoms with Gasteiger partial charge in [-0.25, -0.2) is 8.42 Å². The Kier molecular flexibility index (Phi) is 12.6. The zero-order valence-electron chi connectivity index (χ0n) is 26.8. The number of rotatable bonds is 8. The van der Waals surface area contributed by atoms with E-state index >= 15 is 0 Å². The molecule has 0 fully saturated rings. The quantitative estimate of drug-likeness (QED) is 0.123. The number of nitrogen functional groups attached to an aromatic ring is 1. The van der Waals surface area contributed by atoms with Gasteiger partial charge in [-0.1, -0.05) is 30.3 Å². The van der Waals surface area contributed by atoms with Crippen LogP contribution in [0, 0.1) is 5.41 Å². The van der Waals surface area contributed by atoms with Gasteiger partial charge in [0.15, 0.2) is 9.84 Å². The molecule has 1 heterocycles. The first-order chi connectivity index (χ1) is 22.0. The van der Waals surface area contributed by atoms with Gasteiger partial charge in [0.1, 0.15) is 23.2 Å². The minimum atomic E-state index is -5.19. The van der Waals surface area contributed by atoms with E-state index in [1.807, 2.05) is 47.0 Å². The molecule has 4 aromatic rings. The lowest BCUT2D eigenvalue weighted by Gasteiger charge is -2.23. The number of nitrogens with two attached hydrogens (primary N) is 1. The largest absolute Gasteiger partial charge is 0.542 e. The van der Waals surface area contributed by atoms with Gasteiger partial charge in [-0.3, -0.25) is 19.5 Å². The van der Waals surface area contributed by atoms with Gasteiger partial charge >= 0.3 is 6.18 Å². The zero-order chi connectivity index (χ0) is 36.6. The third-order valence-corrected chi connectivity index (χ3v) is 7.62. The number of halogens is 3. The lowest BCUT2D eigenvalue weighted by molar-refractivity contribution is -0.344. The summed E-state index contributed by atoms with van der Waals surface area (Å²) in [5.74, 6) is -4.14. The number of carboxylic acid groups (broad SMARTS) is 2. The smallest absolute Gasteiger partial charge is 0.430 e. The maximum absolute atomic E-state index is 13.4. The third-order valence-electron chi connectivity index (χ3n) is 6.51. The Bertz CT molecular complexity index is 1910. The highest BCUT2D eigenvalue weighted by Gasteiger charge is 2.28. The molecule has 0 atom stereocenters. The number of hydrogen-bond donors (Lipinski definition) is 4. The maximum atomic E-state index is 13.4. The number of alkyl halides is 3. The van der Waals surface area contributed by atoms with Crippen LogP contribution in [-0.2, 0) is 32.5 Å². The van der Waals surface area contributed by atoms with Crippen LogP contribution in [0.3, 0.4) is 0 Å². The van der Waals surface area contributed by atoms with Crippen LogP contribution in [0.15, 0.2) is 77.7 Å². The third kappa shape index (κ3) is 11.5. The number of carbonyl (C=O) groups excluding carboxylic acids is 2.